The summed E-state index contributed by atoms with van der Waals surface area (Å²) in [5, 5.41) is 7.58. The summed E-state index contributed by atoms with van der Waals surface area (Å²) < 4.78 is 33.4. The number of para-hydroxylation sites is 2. The first-order valence-electron chi connectivity index (χ1n) is 15.6. The molecule has 48 heavy (non-hydrogen) atoms. The zero-order valence-electron chi connectivity index (χ0n) is 27.3. The number of fused-ring (bicyclic) bond motifs is 1. The highest BCUT2D eigenvalue weighted by atomic mass is 79.9. The minimum Gasteiger partial charge on any atom is -0.494 e. The van der Waals surface area contributed by atoms with Gasteiger partial charge in [-0.25, -0.2) is 9.37 Å². The van der Waals surface area contributed by atoms with E-state index >= 15 is 0 Å². The number of carbonyl (C=O) groups is 1. The number of amides is 1. The zero-order valence-corrected chi connectivity index (χ0v) is 28.9. The number of hydrogen-bond donors (Lipinski definition) is 1. The number of carbonyl (C=O) groups excluding carboxylic acids is 1. The largest absolute Gasteiger partial charge is 0.494 e. The van der Waals surface area contributed by atoms with Crippen molar-refractivity contribution in [1.29, 1.82) is 0 Å². The monoisotopic (exact) mass is 714 g/mol. The smallest absolute Gasteiger partial charge is 0.282 e. The van der Waals surface area contributed by atoms with Crippen molar-refractivity contribution in [3.05, 3.63) is 110 Å². The maximum absolute atomic E-state index is 14.0. The number of aryl methyl sites for hydroxylation is 1. The fraction of sp³-hybridized carbons (Fsp3) is 0.243. The van der Waals surface area contributed by atoms with Crippen LogP contribution >= 0.6 is 15.9 Å². The molecule has 9 nitrogen and oxygen atoms in total. The molecule has 0 aliphatic carbocycles. The molecule has 0 radical (unpaired) electrons. The van der Waals surface area contributed by atoms with Crippen molar-refractivity contribution in [2.45, 2.75) is 40.5 Å². The van der Waals surface area contributed by atoms with Gasteiger partial charge in [0.25, 0.3) is 11.5 Å². The van der Waals surface area contributed by atoms with Crippen LogP contribution in [0.3, 0.4) is 0 Å². The third kappa shape index (κ3) is 7.57. The number of halogens is 2. The Balaban J connectivity index is 1.53. The summed E-state index contributed by atoms with van der Waals surface area (Å²) in [5.41, 5.74) is 3.53. The Bertz CT molecular complexity index is 2060. The Labute approximate surface area is 286 Å². The molecule has 0 saturated heterocycles. The van der Waals surface area contributed by atoms with Crippen LogP contribution in [0.1, 0.15) is 50.3 Å². The number of benzene rings is 4. The minimum absolute atomic E-state index is 0.0559. The molecule has 5 aromatic rings. The van der Waals surface area contributed by atoms with Crippen LogP contribution in [0.15, 0.2) is 87.2 Å². The normalized spacial score (nSPS) is 11.3. The Hall–Kier alpha value is -5.03. The van der Waals surface area contributed by atoms with Crippen molar-refractivity contribution < 1.29 is 23.4 Å². The summed E-state index contributed by atoms with van der Waals surface area (Å²) >= 11 is 3.52. The summed E-state index contributed by atoms with van der Waals surface area (Å²) in [5.74, 6) is 0.896. The summed E-state index contributed by atoms with van der Waals surface area (Å²) in [7, 11) is 0. The molecule has 0 atom stereocenters. The van der Waals surface area contributed by atoms with Crippen LogP contribution in [0.4, 0.5) is 10.1 Å². The molecule has 0 saturated carbocycles. The molecule has 0 unspecified atom stereocenters. The van der Waals surface area contributed by atoms with Crippen LogP contribution in [0.25, 0.3) is 22.3 Å². The zero-order chi connectivity index (χ0) is 34.4. The Morgan fingerprint density at radius 1 is 1.00 bits per heavy atom. The fourth-order valence-corrected chi connectivity index (χ4v) is 5.73. The number of nitrogens with zero attached hydrogens (tertiary/aromatic N) is 3. The van der Waals surface area contributed by atoms with E-state index in [0.717, 1.165) is 22.4 Å². The van der Waals surface area contributed by atoms with Gasteiger partial charge in [-0.05, 0) is 108 Å². The molecule has 0 fully saturated rings. The standard InChI is InChI=1S/C37H36BrFN4O5/c1-6-46-32-16-23(5)27(19-26(32)22(3)4)36-42-30-14-10-8-12-25(30)37(45)43(36)40-20-24-17-28(38)35(33(18-24)47-7-2)48-21-34(44)41-31-15-11-9-13-29(31)39/h8-20,22H,6-7,21H2,1-5H3,(H,41,44). The van der Waals surface area contributed by atoms with Crippen molar-refractivity contribution >= 4 is 44.6 Å². The van der Waals surface area contributed by atoms with E-state index in [1.165, 1.54) is 29.1 Å². The minimum atomic E-state index is -0.549. The topological polar surface area (TPSA) is 104 Å². The molecule has 0 bridgehead atoms. The molecular weight excluding hydrogens is 679 g/mol. The van der Waals surface area contributed by atoms with E-state index in [2.05, 4.69) is 40.2 Å². The molecule has 1 amide bonds. The molecule has 5 rings (SSSR count). The molecule has 1 N–H and O–H groups in total. The fourth-order valence-electron chi connectivity index (χ4n) is 5.15. The average Bonchev–Trinajstić information content (AvgIpc) is 3.05. The van der Waals surface area contributed by atoms with E-state index in [1.807, 2.05) is 45.0 Å². The maximum atomic E-state index is 14.0. The Kier molecular flexibility index (Phi) is 10.9. The predicted octanol–water partition coefficient (Wildman–Crippen LogP) is 8.09. The second kappa shape index (κ2) is 15.2. The third-order valence-corrected chi connectivity index (χ3v) is 8.01. The lowest BCUT2D eigenvalue weighted by molar-refractivity contribution is -0.118. The Morgan fingerprint density at radius 2 is 1.71 bits per heavy atom. The van der Waals surface area contributed by atoms with Gasteiger partial charge in [0.2, 0.25) is 0 Å². The third-order valence-electron chi connectivity index (χ3n) is 7.42. The molecule has 1 heterocycles. The van der Waals surface area contributed by atoms with Crippen molar-refractivity contribution in [2.24, 2.45) is 5.10 Å². The highest BCUT2D eigenvalue weighted by Crippen LogP contribution is 2.37. The van der Waals surface area contributed by atoms with Crippen LogP contribution in [0, 0.1) is 12.7 Å². The second-order valence-corrected chi connectivity index (χ2v) is 12.0. The number of ether oxygens (including phenoxy) is 3. The van der Waals surface area contributed by atoms with Crippen molar-refractivity contribution in [3.8, 4) is 28.6 Å². The van der Waals surface area contributed by atoms with Gasteiger partial charge in [0.05, 0.1) is 40.5 Å². The van der Waals surface area contributed by atoms with Gasteiger partial charge in [0, 0.05) is 5.56 Å². The number of aromatic nitrogens is 2. The molecule has 0 spiro atoms. The van der Waals surface area contributed by atoms with Crippen molar-refractivity contribution in [1.82, 2.24) is 9.66 Å². The lowest BCUT2D eigenvalue weighted by Crippen LogP contribution is -2.21. The van der Waals surface area contributed by atoms with Gasteiger partial charge in [-0.2, -0.15) is 9.78 Å². The average molecular weight is 716 g/mol. The number of nitrogens with one attached hydrogen (secondary N) is 1. The van der Waals surface area contributed by atoms with Gasteiger partial charge in [0.15, 0.2) is 23.9 Å². The van der Waals surface area contributed by atoms with Gasteiger partial charge in [-0.3, -0.25) is 9.59 Å². The lowest BCUT2D eigenvalue weighted by Gasteiger charge is -2.18. The first-order valence-corrected chi connectivity index (χ1v) is 16.4. The molecule has 248 valence electrons. The van der Waals surface area contributed by atoms with Crippen LogP contribution in [-0.2, 0) is 4.79 Å². The molecular formula is C37H36BrFN4O5. The Morgan fingerprint density at radius 3 is 2.44 bits per heavy atom. The van der Waals surface area contributed by atoms with Gasteiger partial charge in [0.1, 0.15) is 11.6 Å². The molecule has 0 aliphatic heterocycles. The maximum Gasteiger partial charge on any atom is 0.282 e. The number of anilines is 1. The second-order valence-electron chi connectivity index (χ2n) is 11.2. The molecule has 0 aliphatic rings. The van der Waals surface area contributed by atoms with E-state index in [4.69, 9.17) is 19.2 Å². The molecule has 4 aromatic carbocycles. The summed E-state index contributed by atoms with van der Waals surface area (Å²) in [6.07, 6.45) is 1.54. The number of hydrogen-bond acceptors (Lipinski definition) is 7. The molecule has 1 aromatic heterocycles. The van der Waals surface area contributed by atoms with E-state index in [-0.39, 0.29) is 29.5 Å². The van der Waals surface area contributed by atoms with E-state index in [9.17, 15) is 14.0 Å². The van der Waals surface area contributed by atoms with Crippen molar-refractivity contribution in [3.63, 3.8) is 0 Å². The summed E-state index contributed by atoms with van der Waals surface area (Å²) in [6, 6.07) is 20.5. The summed E-state index contributed by atoms with van der Waals surface area (Å²) in [6.45, 7) is 10.4. The first kappa shape index (κ1) is 34.3. The summed E-state index contributed by atoms with van der Waals surface area (Å²) in [4.78, 5) is 31.3. The highest BCUT2D eigenvalue weighted by Gasteiger charge is 2.19. The van der Waals surface area contributed by atoms with Crippen LogP contribution < -0.4 is 25.1 Å². The van der Waals surface area contributed by atoms with Gasteiger partial charge < -0.3 is 19.5 Å². The van der Waals surface area contributed by atoms with E-state index < -0.39 is 11.7 Å². The number of rotatable bonds is 12. The predicted molar refractivity (Wildman–Crippen MR) is 190 cm³/mol. The molecule has 11 heteroatoms. The van der Waals surface area contributed by atoms with Crippen LogP contribution in [0.5, 0.6) is 17.2 Å². The lowest BCUT2D eigenvalue weighted by atomic mass is 9.96. The van der Waals surface area contributed by atoms with E-state index in [0.29, 0.717) is 45.7 Å². The quantitative estimate of drug-likeness (QED) is 0.131. The van der Waals surface area contributed by atoms with Crippen molar-refractivity contribution in [2.75, 3.05) is 25.1 Å². The van der Waals surface area contributed by atoms with Crippen LogP contribution in [-0.4, -0.2) is 41.6 Å². The highest BCUT2D eigenvalue weighted by molar-refractivity contribution is 9.10. The van der Waals surface area contributed by atoms with Gasteiger partial charge in [-0.15, -0.1) is 0 Å². The first-order chi connectivity index (χ1) is 23.1. The van der Waals surface area contributed by atoms with Gasteiger partial charge >= 0.3 is 0 Å². The van der Waals surface area contributed by atoms with Crippen LogP contribution in [0.2, 0.25) is 0 Å². The SMILES string of the molecule is CCOc1cc(C)c(-c2nc3ccccc3c(=O)n2N=Cc2cc(Br)c(OCC(=O)Nc3ccccc3F)c(OCC)c2)cc1C(C)C. The van der Waals surface area contributed by atoms with Gasteiger partial charge in [-0.1, -0.05) is 38.1 Å². The van der Waals surface area contributed by atoms with E-state index in [1.54, 1.807) is 30.3 Å².